The lowest BCUT2D eigenvalue weighted by Crippen LogP contribution is -2.64. The predicted molar refractivity (Wildman–Crippen MR) is 258 cm³/mol. The van der Waals surface area contributed by atoms with E-state index in [4.69, 9.17) is 18.5 Å². The molecule has 6 atom stereocenters. The number of esters is 2. The molecule has 0 bridgehead atoms. The van der Waals surface area contributed by atoms with Crippen LogP contribution in [0.25, 0.3) is 0 Å². The van der Waals surface area contributed by atoms with Crippen molar-refractivity contribution in [2.24, 2.45) is 0 Å². The smallest absolute Gasteiger partial charge is 0.462 e. The standard InChI is InChI=1S/C51H85O13P/c1-3-5-7-9-11-13-15-17-18-19-20-21-22-23-24-25-26-28-30-32-34-36-38-40-45(53)63-43(42-62-65(59,60)64-51-49(57)47(55)46(54)48(56)50(51)58)41-61-44(52)39-37-35-33-31-29-27-16-14-12-10-8-6-4-2/h5-8,11-14,17-18,20-21,27,29,43,46-51,54-58H,3-4,9-10,15-16,19,22-26,28,30-42H2,1-2H3,(H,59,60)/b7-5-,8-6-,13-11-,14-12-,18-17-,21-20-,29-27-. The Labute approximate surface area is 390 Å². The Bertz CT molecular complexity index is 1460. The maximum atomic E-state index is 12.8. The number of rotatable bonds is 39. The first-order chi connectivity index (χ1) is 31.4. The fraction of sp³-hybridized carbons (Fsp3) is 0.686. The first-order valence-corrected chi connectivity index (χ1v) is 25.9. The van der Waals surface area contributed by atoms with Gasteiger partial charge in [0.05, 0.1) is 6.61 Å². The van der Waals surface area contributed by atoms with Crippen molar-refractivity contribution in [3.8, 4) is 0 Å². The number of allylic oxidation sites excluding steroid dienone is 14. The summed E-state index contributed by atoms with van der Waals surface area (Å²) in [7, 11) is -5.13. The molecule has 6 N–H and O–H groups in total. The first-order valence-electron chi connectivity index (χ1n) is 24.4. The van der Waals surface area contributed by atoms with Crippen LogP contribution in [0.4, 0.5) is 0 Å². The van der Waals surface area contributed by atoms with E-state index in [1.807, 2.05) is 0 Å². The van der Waals surface area contributed by atoms with Crippen LogP contribution in [-0.2, 0) is 32.7 Å². The second-order valence-electron chi connectivity index (χ2n) is 16.6. The van der Waals surface area contributed by atoms with E-state index in [0.717, 1.165) is 96.3 Å². The molecule has 0 spiro atoms. The molecule has 1 fully saturated rings. The molecule has 0 amide bonds. The molecule has 0 aliphatic heterocycles. The van der Waals surface area contributed by atoms with Gasteiger partial charge in [0.1, 0.15) is 43.2 Å². The van der Waals surface area contributed by atoms with Crippen molar-refractivity contribution in [2.75, 3.05) is 13.2 Å². The van der Waals surface area contributed by atoms with Gasteiger partial charge in [-0.2, -0.15) is 0 Å². The van der Waals surface area contributed by atoms with E-state index in [-0.39, 0.29) is 12.8 Å². The molecule has 372 valence electrons. The van der Waals surface area contributed by atoms with E-state index in [9.17, 15) is 44.6 Å². The molecule has 1 saturated carbocycles. The van der Waals surface area contributed by atoms with Crippen molar-refractivity contribution in [3.05, 3.63) is 85.1 Å². The van der Waals surface area contributed by atoms with Crippen LogP contribution < -0.4 is 0 Å². The molecule has 1 rings (SSSR count). The summed E-state index contributed by atoms with van der Waals surface area (Å²) >= 11 is 0. The highest BCUT2D eigenvalue weighted by Gasteiger charge is 2.51. The van der Waals surface area contributed by atoms with Gasteiger partial charge < -0.3 is 39.9 Å². The highest BCUT2D eigenvalue weighted by molar-refractivity contribution is 7.47. The second kappa shape index (κ2) is 40.1. The summed E-state index contributed by atoms with van der Waals surface area (Å²) in [6, 6.07) is 0. The summed E-state index contributed by atoms with van der Waals surface area (Å²) in [5.74, 6) is -1.15. The Morgan fingerprint density at radius 1 is 0.477 bits per heavy atom. The first kappa shape index (κ1) is 60.0. The van der Waals surface area contributed by atoms with Crippen LogP contribution in [0.2, 0.25) is 0 Å². The van der Waals surface area contributed by atoms with E-state index in [1.165, 1.54) is 32.1 Å². The van der Waals surface area contributed by atoms with E-state index in [1.54, 1.807) is 0 Å². The van der Waals surface area contributed by atoms with Crippen LogP contribution in [-0.4, -0.2) is 98.3 Å². The van der Waals surface area contributed by atoms with E-state index >= 15 is 0 Å². The maximum Gasteiger partial charge on any atom is 0.472 e. The third-order valence-corrected chi connectivity index (χ3v) is 11.7. The third kappa shape index (κ3) is 32.4. The number of aliphatic hydroxyl groups is 5. The van der Waals surface area contributed by atoms with E-state index < -0.39 is 75.7 Å². The molecule has 14 heteroatoms. The summed E-state index contributed by atoms with van der Waals surface area (Å²) < 4.78 is 33.5. The minimum Gasteiger partial charge on any atom is -0.462 e. The van der Waals surface area contributed by atoms with E-state index in [2.05, 4.69) is 98.9 Å². The number of ether oxygens (including phenoxy) is 2. The molecule has 0 radical (unpaired) electrons. The molecule has 65 heavy (non-hydrogen) atoms. The van der Waals surface area contributed by atoms with Gasteiger partial charge in [-0.25, -0.2) is 4.57 Å². The highest BCUT2D eigenvalue weighted by Crippen LogP contribution is 2.47. The van der Waals surface area contributed by atoms with Crippen LogP contribution in [0.5, 0.6) is 0 Å². The van der Waals surface area contributed by atoms with Crippen molar-refractivity contribution in [3.63, 3.8) is 0 Å². The van der Waals surface area contributed by atoms with Crippen molar-refractivity contribution >= 4 is 19.8 Å². The van der Waals surface area contributed by atoms with Gasteiger partial charge in [0.25, 0.3) is 0 Å². The number of carbonyl (C=O) groups is 2. The summed E-state index contributed by atoms with van der Waals surface area (Å²) in [6.45, 7) is 3.04. The van der Waals surface area contributed by atoms with Gasteiger partial charge >= 0.3 is 19.8 Å². The lowest BCUT2D eigenvalue weighted by Gasteiger charge is -2.41. The van der Waals surface area contributed by atoms with Crippen molar-refractivity contribution in [1.82, 2.24) is 0 Å². The molecule has 13 nitrogen and oxygen atoms in total. The maximum absolute atomic E-state index is 12.8. The van der Waals surface area contributed by atoms with Gasteiger partial charge in [-0.05, 0) is 83.5 Å². The Balaban J connectivity index is 2.41. The summed E-state index contributed by atoms with van der Waals surface area (Å²) in [6.07, 6.45) is 39.2. The lowest BCUT2D eigenvalue weighted by atomic mass is 9.85. The zero-order valence-corrected chi connectivity index (χ0v) is 40.4. The lowest BCUT2D eigenvalue weighted by molar-refractivity contribution is -0.220. The molecule has 0 aromatic heterocycles. The number of unbranched alkanes of at least 4 members (excludes halogenated alkanes) is 13. The molecule has 0 saturated heterocycles. The number of phosphoric acid groups is 1. The van der Waals surface area contributed by atoms with E-state index in [0.29, 0.717) is 12.8 Å². The SMILES string of the molecule is CC/C=C\C/C=C\C/C=C\C/C=C\CCCCCCCCCCCCC(=O)OC(COC(=O)CCCCC/C=C\C/C=C\C/C=C\CC)COP(=O)(O)OC1C(O)C(O)C(O)C(O)C1O. The van der Waals surface area contributed by atoms with Gasteiger partial charge in [0.15, 0.2) is 6.10 Å². The number of hydrogen-bond acceptors (Lipinski definition) is 12. The van der Waals surface area contributed by atoms with Crippen LogP contribution in [0.1, 0.15) is 168 Å². The zero-order valence-electron chi connectivity index (χ0n) is 39.5. The van der Waals surface area contributed by atoms with Crippen molar-refractivity contribution in [1.29, 1.82) is 0 Å². The molecular formula is C51H85O13P. The van der Waals surface area contributed by atoms with Crippen LogP contribution in [0.3, 0.4) is 0 Å². The summed E-state index contributed by atoms with van der Waals surface area (Å²) in [5.41, 5.74) is 0. The predicted octanol–water partition coefficient (Wildman–Crippen LogP) is 10.1. The van der Waals surface area contributed by atoms with Gasteiger partial charge in [-0.3, -0.25) is 18.6 Å². The van der Waals surface area contributed by atoms with Gasteiger partial charge in [0, 0.05) is 12.8 Å². The molecule has 0 aromatic carbocycles. The van der Waals surface area contributed by atoms with Crippen LogP contribution >= 0.6 is 7.82 Å². The molecule has 6 unspecified atom stereocenters. The molecule has 1 aliphatic carbocycles. The van der Waals surface area contributed by atoms with Gasteiger partial charge in [-0.1, -0.05) is 157 Å². The monoisotopic (exact) mass is 937 g/mol. The van der Waals surface area contributed by atoms with Crippen molar-refractivity contribution < 1.29 is 63.1 Å². The number of phosphoric ester groups is 1. The van der Waals surface area contributed by atoms with Crippen molar-refractivity contribution in [2.45, 2.75) is 211 Å². The highest BCUT2D eigenvalue weighted by atomic mass is 31.2. The third-order valence-electron chi connectivity index (χ3n) is 10.7. The topological polar surface area (TPSA) is 210 Å². The fourth-order valence-corrected chi connectivity index (χ4v) is 7.85. The Morgan fingerprint density at radius 3 is 1.28 bits per heavy atom. The summed E-state index contributed by atoms with van der Waals surface area (Å²) in [4.78, 5) is 35.7. The average molecular weight is 937 g/mol. The largest absolute Gasteiger partial charge is 0.472 e. The minimum absolute atomic E-state index is 0.0800. The average Bonchev–Trinajstić information content (AvgIpc) is 3.29. The second-order valence-corrected chi connectivity index (χ2v) is 18.0. The normalized spacial score (nSPS) is 22.2. The molecule has 0 heterocycles. The fourth-order valence-electron chi connectivity index (χ4n) is 6.88. The van der Waals surface area contributed by atoms with Crippen LogP contribution in [0.15, 0.2) is 85.1 Å². The number of aliphatic hydroxyl groups excluding tert-OH is 5. The Hall–Kier alpha value is -2.97. The molecular weight excluding hydrogens is 852 g/mol. The molecule has 1 aliphatic rings. The minimum atomic E-state index is -5.13. The molecule has 0 aromatic rings. The Morgan fingerprint density at radius 2 is 0.831 bits per heavy atom. The quantitative estimate of drug-likeness (QED) is 0.0147. The number of hydrogen-bond donors (Lipinski definition) is 6. The Kier molecular flexibility index (Phi) is 37.1. The zero-order chi connectivity index (χ0) is 47.8. The van der Waals surface area contributed by atoms with Gasteiger partial charge in [0.2, 0.25) is 0 Å². The van der Waals surface area contributed by atoms with Crippen LogP contribution in [0, 0.1) is 0 Å². The van der Waals surface area contributed by atoms with Gasteiger partial charge in [-0.15, -0.1) is 0 Å². The summed E-state index contributed by atoms with van der Waals surface area (Å²) in [5, 5.41) is 50.2. The number of carbonyl (C=O) groups excluding carboxylic acids is 2.